The van der Waals surface area contributed by atoms with Gasteiger partial charge in [-0.2, -0.15) is 16.8 Å². The van der Waals surface area contributed by atoms with Crippen molar-refractivity contribution in [2.24, 2.45) is 0 Å². The first-order valence-corrected chi connectivity index (χ1v) is 9.87. The molecule has 1 fully saturated rings. The van der Waals surface area contributed by atoms with Crippen LogP contribution in [0.1, 0.15) is 0 Å². The third kappa shape index (κ3) is 12.0. The molecule has 24 heavy (non-hydrogen) atoms. The van der Waals surface area contributed by atoms with E-state index in [1.807, 2.05) is 9.80 Å². The zero-order chi connectivity index (χ0) is 17.0. The maximum absolute atomic E-state index is 10.6. The van der Waals surface area contributed by atoms with Crippen molar-refractivity contribution in [2.75, 3.05) is 50.8 Å². The normalized spacial score (nSPS) is 19.8. The van der Waals surface area contributed by atoms with E-state index < -0.39 is 43.9 Å². The third-order valence-electron chi connectivity index (χ3n) is 3.21. The van der Waals surface area contributed by atoms with Gasteiger partial charge in [-0.05, 0) is 0 Å². The van der Waals surface area contributed by atoms with Crippen LogP contribution in [0.15, 0.2) is 0 Å². The van der Waals surface area contributed by atoms with Gasteiger partial charge in [-0.1, -0.05) is 0 Å². The molecular weight excluding hydrogens is 372 g/mol. The Morgan fingerprint density at radius 1 is 0.708 bits per heavy atom. The minimum atomic E-state index is -4.22. The quantitative estimate of drug-likeness (QED) is 0.287. The van der Waals surface area contributed by atoms with Crippen LogP contribution in [0.25, 0.3) is 0 Å². The number of β-amino-alcohol motifs (C(OH)–C–C–N with tert-alkyl or cyclic N) is 2. The Morgan fingerprint density at radius 3 is 1.17 bits per heavy atom. The molecule has 2 atom stereocenters. The zero-order valence-electron chi connectivity index (χ0n) is 12.9. The molecule has 1 heterocycles. The average molecular weight is 398 g/mol. The predicted molar refractivity (Wildman–Crippen MR) is 85.0 cm³/mol. The monoisotopic (exact) mass is 398 g/mol. The fourth-order valence-corrected chi connectivity index (χ4v) is 3.53. The summed E-state index contributed by atoms with van der Waals surface area (Å²) in [6.07, 6.45) is -2.38. The van der Waals surface area contributed by atoms with E-state index in [-0.39, 0.29) is 24.0 Å². The second kappa shape index (κ2) is 10.5. The minimum absolute atomic E-state index is 0. The van der Waals surface area contributed by atoms with E-state index in [1.54, 1.807) is 0 Å². The second-order valence-corrected chi connectivity index (χ2v) is 8.40. The minimum Gasteiger partial charge on any atom is -0.412 e. The summed E-state index contributed by atoms with van der Waals surface area (Å²) in [5.74, 6) is -1.44. The Labute approximate surface area is 140 Å². The van der Waals surface area contributed by atoms with Gasteiger partial charge < -0.3 is 21.2 Å². The fourth-order valence-electron chi connectivity index (χ4n) is 2.34. The molecule has 0 spiro atoms. The van der Waals surface area contributed by atoms with E-state index >= 15 is 0 Å². The van der Waals surface area contributed by atoms with Crippen molar-refractivity contribution >= 4 is 20.2 Å². The lowest BCUT2D eigenvalue weighted by Gasteiger charge is -2.36. The summed E-state index contributed by atoms with van der Waals surface area (Å²) in [7, 11) is -8.44. The van der Waals surface area contributed by atoms with Gasteiger partial charge in [0.05, 0.1) is 12.2 Å². The molecular formula is C10H26N2O10S2. The van der Waals surface area contributed by atoms with E-state index in [2.05, 4.69) is 0 Å². The lowest BCUT2D eigenvalue weighted by molar-refractivity contribution is 0.0583. The highest BCUT2D eigenvalue weighted by atomic mass is 32.2. The highest BCUT2D eigenvalue weighted by molar-refractivity contribution is 7.86. The van der Waals surface area contributed by atoms with Crippen molar-refractivity contribution in [3.63, 3.8) is 0 Å². The Hall–Kier alpha value is -0.420. The van der Waals surface area contributed by atoms with Crippen molar-refractivity contribution < 1.29 is 47.1 Å². The lowest BCUT2D eigenvalue weighted by atomic mass is 10.2. The van der Waals surface area contributed by atoms with E-state index in [1.165, 1.54) is 0 Å². The van der Waals surface area contributed by atoms with Crippen molar-refractivity contribution in [3.8, 4) is 0 Å². The SMILES string of the molecule is O.O.O=S(=O)(O)CC(O)CN1CCN(CC(O)CS(=O)(=O)O)CC1. The first-order chi connectivity index (χ1) is 9.94. The van der Waals surface area contributed by atoms with Crippen LogP contribution in [0, 0.1) is 0 Å². The van der Waals surface area contributed by atoms with E-state index in [9.17, 15) is 27.0 Å². The molecule has 2 unspecified atom stereocenters. The number of aliphatic hydroxyl groups excluding tert-OH is 2. The standard InChI is InChI=1S/C10H22N2O8S2.2H2O/c13-9(7-21(15,16)17)5-11-1-2-12(4-3-11)6-10(14)8-22(18,19)20;;/h9-10,13-14H,1-8H2,(H,15,16,17)(H,18,19,20);2*1H2. The molecule has 1 rings (SSSR count). The first-order valence-electron chi connectivity index (χ1n) is 6.66. The number of piperazine rings is 1. The Bertz CT molecular complexity index is 494. The van der Waals surface area contributed by atoms with Gasteiger partial charge in [-0.15, -0.1) is 0 Å². The van der Waals surface area contributed by atoms with E-state index in [4.69, 9.17) is 9.11 Å². The second-order valence-electron chi connectivity index (χ2n) is 5.41. The predicted octanol–water partition coefficient (Wildman–Crippen LogP) is -4.55. The molecule has 0 aromatic heterocycles. The van der Waals surface area contributed by atoms with Crippen LogP contribution in [0.4, 0.5) is 0 Å². The molecule has 14 heteroatoms. The van der Waals surface area contributed by atoms with E-state index in [0.717, 1.165) is 0 Å². The summed E-state index contributed by atoms with van der Waals surface area (Å²) in [6, 6.07) is 0. The molecule has 1 aliphatic rings. The average Bonchev–Trinajstić information content (AvgIpc) is 2.26. The first kappa shape index (κ1) is 25.8. The largest absolute Gasteiger partial charge is 0.412 e. The highest BCUT2D eigenvalue weighted by Gasteiger charge is 2.24. The highest BCUT2D eigenvalue weighted by Crippen LogP contribution is 2.05. The topological polar surface area (TPSA) is 219 Å². The van der Waals surface area contributed by atoms with Crippen LogP contribution < -0.4 is 0 Å². The van der Waals surface area contributed by atoms with Crippen molar-refractivity contribution in [3.05, 3.63) is 0 Å². The van der Waals surface area contributed by atoms with Crippen LogP contribution in [-0.2, 0) is 20.2 Å². The van der Waals surface area contributed by atoms with Gasteiger partial charge in [-0.25, -0.2) is 0 Å². The molecule has 0 aromatic carbocycles. The van der Waals surface area contributed by atoms with Crippen LogP contribution >= 0.6 is 0 Å². The van der Waals surface area contributed by atoms with E-state index in [0.29, 0.717) is 26.2 Å². The number of aliphatic hydroxyl groups is 2. The fraction of sp³-hybridized carbons (Fsp3) is 1.00. The smallest absolute Gasteiger partial charge is 0.267 e. The number of nitrogens with zero attached hydrogens (tertiary/aromatic N) is 2. The third-order valence-corrected chi connectivity index (χ3v) is 4.82. The molecule has 0 aromatic rings. The zero-order valence-corrected chi connectivity index (χ0v) is 14.6. The summed E-state index contributed by atoms with van der Waals surface area (Å²) in [5.41, 5.74) is 0. The summed E-state index contributed by atoms with van der Waals surface area (Å²) in [6.45, 7) is 2.20. The Morgan fingerprint density at radius 2 is 0.958 bits per heavy atom. The molecule has 148 valence electrons. The van der Waals surface area contributed by atoms with Gasteiger partial charge in [0.1, 0.15) is 11.5 Å². The summed E-state index contributed by atoms with van der Waals surface area (Å²) >= 11 is 0. The maximum Gasteiger partial charge on any atom is 0.267 e. The van der Waals surface area contributed by atoms with Gasteiger partial charge >= 0.3 is 0 Å². The van der Waals surface area contributed by atoms with Crippen molar-refractivity contribution in [1.82, 2.24) is 9.80 Å². The maximum atomic E-state index is 10.6. The summed E-state index contributed by atoms with van der Waals surface area (Å²) in [4.78, 5) is 3.61. The van der Waals surface area contributed by atoms with Crippen LogP contribution in [-0.4, -0.2) is 120 Å². The van der Waals surface area contributed by atoms with Gasteiger partial charge in [0.15, 0.2) is 0 Å². The van der Waals surface area contributed by atoms with Crippen LogP contribution in [0.5, 0.6) is 0 Å². The summed E-state index contributed by atoms with van der Waals surface area (Å²) < 4.78 is 59.8. The van der Waals surface area contributed by atoms with Gasteiger partial charge in [0, 0.05) is 39.3 Å². The molecule has 0 saturated carbocycles. The molecule has 0 radical (unpaired) electrons. The molecule has 0 amide bonds. The summed E-state index contributed by atoms with van der Waals surface area (Å²) in [5, 5.41) is 19.1. The number of hydrogen-bond acceptors (Lipinski definition) is 8. The molecule has 0 aliphatic carbocycles. The van der Waals surface area contributed by atoms with Crippen LogP contribution in [0.2, 0.25) is 0 Å². The molecule has 8 N–H and O–H groups in total. The molecule has 12 nitrogen and oxygen atoms in total. The molecule has 0 bridgehead atoms. The molecule has 1 saturated heterocycles. The Kier molecular flexibility index (Phi) is 11.3. The Balaban J connectivity index is 0. The number of rotatable bonds is 8. The van der Waals surface area contributed by atoms with Gasteiger partial charge in [-0.3, -0.25) is 18.9 Å². The van der Waals surface area contributed by atoms with Crippen LogP contribution in [0.3, 0.4) is 0 Å². The molecule has 1 aliphatic heterocycles. The van der Waals surface area contributed by atoms with Crippen molar-refractivity contribution in [2.45, 2.75) is 12.2 Å². The lowest BCUT2D eigenvalue weighted by Crippen LogP contribution is -2.51. The number of hydrogen-bond donors (Lipinski definition) is 4. The van der Waals surface area contributed by atoms with Crippen molar-refractivity contribution in [1.29, 1.82) is 0 Å². The van der Waals surface area contributed by atoms with Gasteiger partial charge in [0.2, 0.25) is 0 Å². The van der Waals surface area contributed by atoms with Gasteiger partial charge in [0.25, 0.3) is 20.2 Å².